The van der Waals surface area contributed by atoms with E-state index in [9.17, 15) is 18.5 Å². The van der Waals surface area contributed by atoms with Gasteiger partial charge in [0.25, 0.3) is 15.7 Å². The molecule has 1 aromatic rings. The van der Waals surface area contributed by atoms with Gasteiger partial charge in [-0.15, -0.1) is 0 Å². The number of nitro benzene ring substituents is 1. The Balaban J connectivity index is 2.93. The minimum atomic E-state index is -3.91. The second-order valence-corrected chi connectivity index (χ2v) is 7.24. The van der Waals surface area contributed by atoms with Crippen LogP contribution in [0.15, 0.2) is 28.2 Å². The number of nitro groups is 1. The minimum absolute atomic E-state index is 0.176. The van der Waals surface area contributed by atoms with Crippen molar-refractivity contribution in [1.29, 1.82) is 0 Å². The first-order valence-corrected chi connectivity index (χ1v) is 8.42. The molecule has 122 valence electrons. The highest BCUT2D eigenvalue weighted by Crippen LogP contribution is 2.22. The van der Waals surface area contributed by atoms with E-state index in [2.05, 4.69) is 23.8 Å². The number of rotatable bonds is 7. The summed E-state index contributed by atoms with van der Waals surface area (Å²) in [5, 5.41) is 14.7. The lowest BCUT2D eigenvalue weighted by Crippen LogP contribution is -2.20. The molecule has 8 heteroatoms. The molecule has 0 fully saturated rings. The summed E-state index contributed by atoms with van der Waals surface area (Å²) in [6.07, 6.45) is 1.60. The zero-order valence-electron chi connectivity index (χ0n) is 13.2. The Bertz CT molecular complexity index is 681. The lowest BCUT2D eigenvalue weighted by atomic mass is 10.1. The van der Waals surface area contributed by atoms with Gasteiger partial charge in [-0.25, -0.2) is 4.83 Å². The normalized spacial score (nSPS) is 12.5. The Morgan fingerprint density at radius 2 is 2.05 bits per heavy atom. The molecule has 0 aromatic heterocycles. The molecule has 0 heterocycles. The van der Waals surface area contributed by atoms with Crippen LogP contribution < -0.4 is 4.83 Å². The molecule has 0 spiro atoms. The van der Waals surface area contributed by atoms with Crippen molar-refractivity contribution >= 4 is 21.4 Å². The van der Waals surface area contributed by atoms with Crippen LogP contribution in [0.4, 0.5) is 5.69 Å². The van der Waals surface area contributed by atoms with E-state index in [0.29, 0.717) is 23.6 Å². The van der Waals surface area contributed by atoms with Crippen molar-refractivity contribution in [2.24, 2.45) is 11.0 Å². The summed E-state index contributed by atoms with van der Waals surface area (Å²) in [6.45, 7) is 7.43. The van der Waals surface area contributed by atoms with Gasteiger partial charge in [-0.05, 0) is 38.7 Å². The zero-order chi connectivity index (χ0) is 16.9. The number of aryl methyl sites for hydroxylation is 1. The topological polar surface area (TPSA) is 102 Å². The van der Waals surface area contributed by atoms with Crippen LogP contribution in [0.25, 0.3) is 0 Å². The molecule has 0 saturated heterocycles. The molecular formula is C14H21N3O4S. The lowest BCUT2D eigenvalue weighted by molar-refractivity contribution is -0.385. The van der Waals surface area contributed by atoms with Gasteiger partial charge in [-0.2, -0.15) is 13.5 Å². The fraction of sp³-hybridized carbons (Fsp3) is 0.500. The van der Waals surface area contributed by atoms with Crippen molar-refractivity contribution in [1.82, 2.24) is 4.83 Å². The first kappa shape index (κ1) is 18.1. The Labute approximate surface area is 130 Å². The van der Waals surface area contributed by atoms with E-state index in [-0.39, 0.29) is 10.6 Å². The van der Waals surface area contributed by atoms with Crippen molar-refractivity contribution in [3.8, 4) is 0 Å². The molecule has 22 heavy (non-hydrogen) atoms. The number of hydrazone groups is 1. The highest BCUT2D eigenvalue weighted by Gasteiger charge is 2.19. The Kier molecular flexibility index (Phi) is 6.04. The molecule has 0 unspecified atom stereocenters. The summed E-state index contributed by atoms with van der Waals surface area (Å²) in [5.74, 6) is 0.501. The van der Waals surface area contributed by atoms with Gasteiger partial charge in [0.2, 0.25) is 0 Å². The van der Waals surface area contributed by atoms with Gasteiger partial charge in [0.05, 0.1) is 9.82 Å². The molecule has 0 aliphatic rings. The van der Waals surface area contributed by atoms with Crippen molar-refractivity contribution in [2.75, 3.05) is 0 Å². The smallest absolute Gasteiger partial charge is 0.258 e. The monoisotopic (exact) mass is 327 g/mol. The molecule has 0 amide bonds. The number of benzene rings is 1. The average Bonchev–Trinajstić information content (AvgIpc) is 2.42. The molecule has 1 N–H and O–H groups in total. The van der Waals surface area contributed by atoms with Crippen LogP contribution in [0.3, 0.4) is 0 Å². The molecule has 0 atom stereocenters. The fourth-order valence-corrected chi connectivity index (χ4v) is 2.59. The second-order valence-electron chi connectivity index (χ2n) is 5.58. The number of hydrogen-bond donors (Lipinski definition) is 1. The predicted octanol–water partition coefficient (Wildman–Crippen LogP) is 2.99. The molecule has 0 saturated carbocycles. The minimum Gasteiger partial charge on any atom is -0.258 e. The van der Waals surface area contributed by atoms with E-state index in [1.807, 2.05) is 0 Å². The van der Waals surface area contributed by atoms with E-state index >= 15 is 0 Å². The van der Waals surface area contributed by atoms with Gasteiger partial charge >= 0.3 is 0 Å². The highest BCUT2D eigenvalue weighted by molar-refractivity contribution is 7.89. The van der Waals surface area contributed by atoms with Gasteiger partial charge in [0.15, 0.2) is 0 Å². The Morgan fingerprint density at radius 1 is 1.41 bits per heavy atom. The SMILES string of the molecule is C/C(CCC(C)C)=N/NS(=O)(=O)c1ccc(C)c([N+](=O)[O-])c1. The van der Waals surface area contributed by atoms with Crippen LogP contribution in [0.2, 0.25) is 0 Å². The van der Waals surface area contributed by atoms with E-state index < -0.39 is 14.9 Å². The van der Waals surface area contributed by atoms with Crippen molar-refractivity contribution < 1.29 is 13.3 Å². The first-order chi connectivity index (χ1) is 10.1. The Hall–Kier alpha value is -1.96. The number of hydrogen-bond acceptors (Lipinski definition) is 5. The van der Waals surface area contributed by atoms with Gasteiger partial charge in [0, 0.05) is 17.3 Å². The summed E-state index contributed by atoms with van der Waals surface area (Å²) in [6, 6.07) is 3.77. The summed E-state index contributed by atoms with van der Waals surface area (Å²) in [4.78, 5) is 12.2. The van der Waals surface area contributed by atoms with Crippen molar-refractivity contribution in [3.63, 3.8) is 0 Å². The highest BCUT2D eigenvalue weighted by atomic mass is 32.2. The quantitative estimate of drug-likeness (QED) is 0.472. The van der Waals surface area contributed by atoms with E-state index in [1.165, 1.54) is 12.1 Å². The largest absolute Gasteiger partial charge is 0.276 e. The van der Waals surface area contributed by atoms with Crippen LogP contribution in [-0.2, 0) is 10.0 Å². The van der Waals surface area contributed by atoms with Crippen LogP contribution in [0.5, 0.6) is 0 Å². The zero-order valence-corrected chi connectivity index (χ0v) is 14.0. The molecule has 0 bridgehead atoms. The molecule has 0 radical (unpaired) electrons. The van der Waals surface area contributed by atoms with E-state index in [1.54, 1.807) is 13.8 Å². The van der Waals surface area contributed by atoms with Gasteiger partial charge in [0.1, 0.15) is 0 Å². The number of nitrogens with zero attached hydrogens (tertiary/aromatic N) is 2. The van der Waals surface area contributed by atoms with Crippen LogP contribution >= 0.6 is 0 Å². The maximum Gasteiger partial charge on any atom is 0.276 e. The predicted molar refractivity (Wildman–Crippen MR) is 85.3 cm³/mol. The third-order valence-electron chi connectivity index (χ3n) is 3.13. The summed E-state index contributed by atoms with van der Waals surface area (Å²) in [5.41, 5.74) is 0.836. The molecule has 1 rings (SSSR count). The van der Waals surface area contributed by atoms with Crippen LogP contribution in [-0.4, -0.2) is 19.1 Å². The standard InChI is InChI=1S/C14H21N3O4S/c1-10(2)5-7-12(4)15-16-22(20,21)13-8-6-11(3)14(9-13)17(18)19/h6,8-10,16H,5,7H2,1-4H3/b15-12-. The summed E-state index contributed by atoms with van der Waals surface area (Å²) >= 11 is 0. The lowest BCUT2D eigenvalue weighted by Gasteiger charge is -2.07. The van der Waals surface area contributed by atoms with Crippen LogP contribution in [0, 0.1) is 23.0 Å². The molecule has 1 aromatic carbocycles. The van der Waals surface area contributed by atoms with Crippen molar-refractivity contribution in [2.45, 2.75) is 45.4 Å². The molecule has 7 nitrogen and oxygen atoms in total. The fourth-order valence-electron chi connectivity index (χ4n) is 1.70. The maximum absolute atomic E-state index is 12.1. The molecule has 0 aliphatic carbocycles. The van der Waals surface area contributed by atoms with Crippen LogP contribution in [0.1, 0.15) is 39.2 Å². The molecule has 0 aliphatic heterocycles. The third-order valence-corrected chi connectivity index (χ3v) is 4.33. The van der Waals surface area contributed by atoms with Gasteiger partial charge in [-0.3, -0.25) is 10.1 Å². The third kappa shape index (κ3) is 5.10. The van der Waals surface area contributed by atoms with E-state index in [4.69, 9.17) is 0 Å². The Morgan fingerprint density at radius 3 is 2.59 bits per heavy atom. The number of nitrogens with one attached hydrogen (secondary N) is 1. The molecular weight excluding hydrogens is 306 g/mol. The second kappa shape index (κ2) is 7.35. The number of sulfonamides is 1. The maximum atomic E-state index is 12.1. The van der Waals surface area contributed by atoms with Gasteiger partial charge < -0.3 is 0 Å². The van der Waals surface area contributed by atoms with Crippen molar-refractivity contribution in [3.05, 3.63) is 33.9 Å². The average molecular weight is 327 g/mol. The summed E-state index contributed by atoms with van der Waals surface area (Å²) < 4.78 is 24.2. The van der Waals surface area contributed by atoms with E-state index in [0.717, 1.165) is 12.5 Å². The first-order valence-electron chi connectivity index (χ1n) is 6.93. The summed E-state index contributed by atoms with van der Waals surface area (Å²) in [7, 11) is -3.91. The van der Waals surface area contributed by atoms with Gasteiger partial charge in [-0.1, -0.05) is 19.9 Å².